The van der Waals surface area contributed by atoms with Crippen molar-refractivity contribution in [3.8, 4) is 23.0 Å². The Morgan fingerprint density at radius 1 is 1.08 bits per heavy atom. The molecule has 9 nitrogen and oxygen atoms in total. The van der Waals surface area contributed by atoms with E-state index >= 15 is 0 Å². The average Bonchev–Trinajstić information content (AvgIpc) is 3.32. The van der Waals surface area contributed by atoms with Gasteiger partial charge in [0.05, 0.1) is 17.1 Å². The van der Waals surface area contributed by atoms with Crippen molar-refractivity contribution in [3.05, 3.63) is 91.8 Å². The topological polar surface area (TPSA) is 127 Å². The molecule has 5 rings (SSSR count). The lowest BCUT2D eigenvalue weighted by atomic mass is 9.99. The highest BCUT2D eigenvalue weighted by molar-refractivity contribution is 5.84. The highest BCUT2D eigenvalue weighted by Crippen LogP contribution is 2.33. The molecule has 0 aliphatic heterocycles. The predicted octanol–water partition coefficient (Wildman–Crippen LogP) is 5.32. The first kappa shape index (κ1) is 24.0. The van der Waals surface area contributed by atoms with Crippen LogP contribution in [0.1, 0.15) is 41.8 Å². The number of benzene rings is 1. The van der Waals surface area contributed by atoms with Gasteiger partial charge in [-0.2, -0.15) is 0 Å². The molecule has 4 aromatic heterocycles. The van der Waals surface area contributed by atoms with Crippen molar-refractivity contribution in [2.45, 2.75) is 33.2 Å². The van der Waals surface area contributed by atoms with Crippen LogP contribution in [0.5, 0.6) is 0 Å². The van der Waals surface area contributed by atoms with Gasteiger partial charge in [0.1, 0.15) is 22.7 Å². The molecule has 1 unspecified atom stereocenters. The second-order valence-electron chi connectivity index (χ2n) is 8.57. The van der Waals surface area contributed by atoms with Gasteiger partial charge in [-0.3, -0.25) is 19.3 Å². The van der Waals surface area contributed by atoms with Gasteiger partial charge in [0.15, 0.2) is 11.2 Å². The van der Waals surface area contributed by atoms with E-state index in [4.69, 9.17) is 4.42 Å². The maximum absolute atomic E-state index is 13.3. The lowest BCUT2D eigenvalue weighted by molar-refractivity contribution is 0.146. The van der Waals surface area contributed by atoms with Gasteiger partial charge in [0.2, 0.25) is 5.82 Å². The smallest absolute Gasteiger partial charge is 0.439 e. The molecule has 0 spiro atoms. The molecule has 0 bridgehead atoms. The molecule has 0 radical (unpaired) electrons. The molecule has 5 aromatic rings. The quantitative estimate of drug-likeness (QED) is 0.317. The predicted molar refractivity (Wildman–Crippen MR) is 133 cm³/mol. The van der Waals surface area contributed by atoms with E-state index in [0.29, 0.717) is 27.9 Å². The fraction of sp³-hybridized carbons (Fsp3) is 0.192. The summed E-state index contributed by atoms with van der Waals surface area (Å²) in [7, 11) is 0. The molecule has 0 aliphatic rings. The van der Waals surface area contributed by atoms with Crippen LogP contribution < -0.4 is 16.5 Å². The largest absolute Gasteiger partial charge is 0.454 e. The number of nitrogens with one attached hydrogen (secondary N) is 2. The van der Waals surface area contributed by atoms with Crippen LogP contribution in [-0.4, -0.2) is 20.1 Å². The number of rotatable bonds is 6. The summed E-state index contributed by atoms with van der Waals surface area (Å²) in [6.07, 6.45) is -1.21. The highest BCUT2D eigenvalue weighted by atomic mass is 19.3. The lowest BCUT2D eigenvalue weighted by Crippen LogP contribution is -2.13. The monoisotopic (exact) mass is 505 g/mol. The van der Waals surface area contributed by atoms with Crippen molar-refractivity contribution in [1.82, 2.24) is 20.1 Å². The van der Waals surface area contributed by atoms with Crippen LogP contribution in [-0.2, 0) is 0 Å². The van der Waals surface area contributed by atoms with Gasteiger partial charge in [-0.15, -0.1) is 0 Å². The Kier molecular flexibility index (Phi) is 6.12. The second kappa shape index (κ2) is 9.41. The maximum atomic E-state index is 13.3. The zero-order valence-electron chi connectivity index (χ0n) is 20.0. The molecular weight excluding hydrogens is 484 g/mol. The minimum absolute atomic E-state index is 0.125. The fourth-order valence-electron chi connectivity index (χ4n) is 4.19. The standard InChI is InChI=1S/C26H21F2N5O4/c1-12-10-15(14(3)30-17-8-5-9-29-20(17)25-32-26(35)37-33-25)23-16(11-12)21(34)13(2)22(36-23)18-6-4-7-19(31-18)24(27)28/h4-11,14,24,30H,1-3H3,(H,32,33,35). The van der Waals surface area contributed by atoms with E-state index in [1.54, 1.807) is 31.3 Å². The van der Waals surface area contributed by atoms with E-state index < -0.39 is 23.9 Å². The van der Waals surface area contributed by atoms with Crippen LogP contribution >= 0.6 is 0 Å². The summed E-state index contributed by atoms with van der Waals surface area (Å²) >= 11 is 0. The molecule has 0 aliphatic carbocycles. The summed E-state index contributed by atoms with van der Waals surface area (Å²) in [6.45, 7) is 5.31. The Morgan fingerprint density at radius 3 is 2.62 bits per heavy atom. The number of fused-ring (bicyclic) bond motifs is 1. The third-order valence-corrected chi connectivity index (χ3v) is 5.93. The third-order valence-electron chi connectivity index (χ3n) is 5.93. The average molecular weight is 505 g/mol. The molecule has 0 saturated heterocycles. The van der Waals surface area contributed by atoms with Gasteiger partial charge < -0.3 is 9.73 Å². The molecule has 0 fully saturated rings. The van der Waals surface area contributed by atoms with Gasteiger partial charge in [-0.25, -0.2) is 18.6 Å². The number of aryl methyl sites for hydroxylation is 1. The van der Waals surface area contributed by atoms with E-state index in [-0.39, 0.29) is 28.3 Å². The van der Waals surface area contributed by atoms with Crippen molar-refractivity contribution in [2.75, 3.05) is 5.32 Å². The molecule has 2 N–H and O–H groups in total. The molecular formula is C26H21F2N5O4. The molecule has 4 heterocycles. The molecule has 0 saturated carbocycles. The number of aromatic amines is 1. The van der Waals surface area contributed by atoms with Crippen molar-refractivity contribution >= 4 is 16.7 Å². The zero-order valence-corrected chi connectivity index (χ0v) is 20.0. The Labute approximate surface area is 208 Å². The summed E-state index contributed by atoms with van der Waals surface area (Å²) in [5, 5.41) is 7.40. The van der Waals surface area contributed by atoms with Crippen molar-refractivity contribution in [3.63, 3.8) is 0 Å². The Morgan fingerprint density at radius 2 is 1.89 bits per heavy atom. The Bertz CT molecular complexity index is 1740. The van der Waals surface area contributed by atoms with Gasteiger partial charge in [0.25, 0.3) is 6.43 Å². The number of H-pyrrole nitrogens is 1. The summed E-state index contributed by atoms with van der Waals surface area (Å²) < 4.78 is 37.4. The zero-order chi connectivity index (χ0) is 26.3. The number of hydrogen-bond donors (Lipinski definition) is 2. The van der Waals surface area contributed by atoms with Gasteiger partial charge in [-0.05, 0) is 56.7 Å². The first-order valence-corrected chi connectivity index (χ1v) is 11.3. The van der Waals surface area contributed by atoms with Crippen molar-refractivity contribution in [2.24, 2.45) is 0 Å². The van der Waals surface area contributed by atoms with Gasteiger partial charge >= 0.3 is 5.76 Å². The van der Waals surface area contributed by atoms with Crippen LogP contribution in [0.2, 0.25) is 0 Å². The Hall–Kier alpha value is -4.67. The van der Waals surface area contributed by atoms with Crippen LogP contribution in [0, 0.1) is 13.8 Å². The van der Waals surface area contributed by atoms with Crippen molar-refractivity contribution < 1.29 is 17.7 Å². The van der Waals surface area contributed by atoms with E-state index in [0.717, 1.165) is 5.56 Å². The molecule has 1 aromatic carbocycles. The molecule has 37 heavy (non-hydrogen) atoms. The number of anilines is 1. The highest BCUT2D eigenvalue weighted by Gasteiger charge is 2.21. The molecule has 0 amide bonds. The number of nitrogens with zero attached hydrogens (tertiary/aromatic N) is 3. The van der Waals surface area contributed by atoms with Crippen LogP contribution in [0.4, 0.5) is 14.5 Å². The number of aromatic nitrogens is 4. The number of alkyl halides is 2. The van der Waals surface area contributed by atoms with Crippen molar-refractivity contribution in [1.29, 1.82) is 0 Å². The van der Waals surface area contributed by atoms with Gasteiger partial charge in [0, 0.05) is 17.3 Å². The normalized spacial score (nSPS) is 12.3. The van der Waals surface area contributed by atoms with Crippen LogP contribution in [0.15, 0.2) is 67.2 Å². The van der Waals surface area contributed by atoms with E-state index in [1.165, 1.54) is 18.2 Å². The van der Waals surface area contributed by atoms with Gasteiger partial charge in [-0.1, -0.05) is 17.3 Å². The summed E-state index contributed by atoms with van der Waals surface area (Å²) in [6, 6.07) is 10.9. The minimum Gasteiger partial charge on any atom is -0.454 e. The summed E-state index contributed by atoms with van der Waals surface area (Å²) in [5.74, 6) is -0.429. The molecule has 188 valence electrons. The maximum Gasteiger partial charge on any atom is 0.439 e. The third kappa shape index (κ3) is 4.51. The van der Waals surface area contributed by atoms with E-state index in [9.17, 15) is 18.4 Å². The minimum atomic E-state index is -2.76. The fourth-order valence-corrected chi connectivity index (χ4v) is 4.19. The number of pyridine rings is 2. The van der Waals surface area contributed by atoms with Crippen LogP contribution in [0.25, 0.3) is 33.9 Å². The number of hydrogen-bond acceptors (Lipinski definition) is 8. The molecule has 11 heteroatoms. The van der Waals surface area contributed by atoms with E-state index in [1.807, 2.05) is 19.9 Å². The SMILES string of the molecule is Cc1cc(C(C)Nc2cccnc2-c2noc(=O)[nH]2)c2oc(-c3cccc(C(F)F)n3)c(C)c(=O)c2c1. The van der Waals surface area contributed by atoms with Crippen LogP contribution in [0.3, 0.4) is 0 Å². The summed E-state index contributed by atoms with van der Waals surface area (Å²) in [4.78, 5) is 35.6. The Balaban J connectivity index is 1.64. The molecule has 1 atom stereocenters. The van der Waals surface area contributed by atoms with E-state index in [2.05, 4.69) is 29.9 Å². The number of halogens is 2. The first-order chi connectivity index (χ1) is 17.7. The second-order valence-corrected chi connectivity index (χ2v) is 8.57. The summed E-state index contributed by atoms with van der Waals surface area (Å²) in [5.41, 5.74) is 2.44. The lowest BCUT2D eigenvalue weighted by Gasteiger charge is -2.19. The first-order valence-electron chi connectivity index (χ1n) is 11.3.